The van der Waals surface area contributed by atoms with Crippen LogP contribution in [0.15, 0.2) is 53.5 Å². The summed E-state index contributed by atoms with van der Waals surface area (Å²) in [6.45, 7) is 6.70. The van der Waals surface area contributed by atoms with Crippen molar-refractivity contribution in [3.05, 3.63) is 59.9 Å². The van der Waals surface area contributed by atoms with Crippen molar-refractivity contribution in [3.63, 3.8) is 0 Å². The maximum atomic E-state index is 5.23. The molecular weight excluding hydrogens is 362 g/mol. The molecule has 6 heteroatoms. The summed E-state index contributed by atoms with van der Waals surface area (Å²) in [6, 6.07) is 16.4. The molecule has 3 aromatic rings. The van der Waals surface area contributed by atoms with Gasteiger partial charge in [0.05, 0.1) is 18.1 Å². The Bertz CT molecular complexity index is 883. The number of hydrogen-bond donors (Lipinski definition) is 3. The number of imidazole rings is 1. The van der Waals surface area contributed by atoms with Crippen molar-refractivity contribution in [2.24, 2.45) is 4.99 Å². The smallest absolute Gasteiger partial charge is 0.191 e. The predicted molar refractivity (Wildman–Crippen MR) is 120 cm³/mol. The minimum atomic E-state index is 0.447. The van der Waals surface area contributed by atoms with Crippen LogP contribution in [0.1, 0.15) is 37.6 Å². The number of nitrogens with one attached hydrogen (secondary N) is 3. The van der Waals surface area contributed by atoms with E-state index in [1.54, 1.807) is 7.11 Å². The fraction of sp³-hybridized carbons (Fsp3) is 0.391. The second-order valence-corrected chi connectivity index (χ2v) is 7.10. The van der Waals surface area contributed by atoms with Crippen molar-refractivity contribution in [2.45, 2.75) is 32.6 Å². The number of guanidine groups is 1. The monoisotopic (exact) mass is 393 g/mol. The lowest BCUT2D eigenvalue weighted by Gasteiger charge is -2.13. The van der Waals surface area contributed by atoms with E-state index in [1.165, 1.54) is 5.56 Å². The molecule has 3 rings (SSSR count). The molecule has 0 saturated heterocycles. The molecule has 6 nitrogen and oxygen atoms in total. The Morgan fingerprint density at radius 3 is 2.66 bits per heavy atom. The maximum Gasteiger partial charge on any atom is 0.191 e. The number of H-pyrrole nitrogens is 1. The molecule has 154 valence electrons. The van der Waals surface area contributed by atoms with Gasteiger partial charge in [-0.25, -0.2) is 4.98 Å². The zero-order valence-corrected chi connectivity index (χ0v) is 17.5. The van der Waals surface area contributed by atoms with Crippen LogP contribution in [0.25, 0.3) is 11.0 Å². The quantitative estimate of drug-likeness (QED) is 0.381. The highest BCUT2D eigenvalue weighted by atomic mass is 16.5. The van der Waals surface area contributed by atoms with Gasteiger partial charge in [0.2, 0.25) is 0 Å². The summed E-state index contributed by atoms with van der Waals surface area (Å²) in [5.74, 6) is 3.18. The number of ether oxygens (including phenoxy) is 1. The molecule has 0 fully saturated rings. The van der Waals surface area contributed by atoms with E-state index in [0.717, 1.165) is 61.0 Å². The fourth-order valence-electron chi connectivity index (χ4n) is 3.23. The van der Waals surface area contributed by atoms with Gasteiger partial charge in [0, 0.05) is 26.1 Å². The van der Waals surface area contributed by atoms with Crippen LogP contribution in [-0.4, -0.2) is 42.7 Å². The highest BCUT2D eigenvalue weighted by molar-refractivity contribution is 5.79. The van der Waals surface area contributed by atoms with Gasteiger partial charge in [-0.05, 0) is 49.1 Å². The van der Waals surface area contributed by atoms with Gasteiger partial charge in [0.1, 0.15) is 11.6 Å². The molecule has 1 aromatic heterocycles. The summed E-state index contributed by atoms with van der Waals surface area (Å²) < 4.78 is 5.23. The van der Waals surface area contributed by atoms with Crippen molar-refractivity contribution in [1.29, 1.82) is 0 Å². The van der Waals surface area contributed by atoms with Crippen molar-refractivity contribution < 1.29 is 4.74 Å². The van der Waals surface area contributed by atoms with E-state index in [4.69, 9.17) is 9.73 Å². The van der Waals surface area contributed by atoms with E-state index in [9.17, 15) is 0 Å². The van der Waals surface area contributed by atoms with Crippen molar-refractivity contribution in [1.82, 2.24) is 20.6 Å². The minimum Gasteiger partial charge on any atom is -0.497 e. The van der Waals surface area contributed by atoms with Crippen molar-refractivity contribution >= 4 is 17.0 Å². The summed E-state index contributed by atoms with van der Waals surface area (Å²) in [5, 5.41) is 6.72. The predicted octanol–water partition coefficient (Wildman–Crippen LogP) is 3.86. The third kappa shape index (κ3) is 5.98. The van der Waals surface area contributed by atoms with E-state index in [-0.39, 0.29) is 0 Å². The fourth-order valence-corrected chi connectivity index (χ4v) is 3.23. The molecule has 1 unspecified atom stereocenters. The Morgan fingerprint density at radius 2 is 1.93 bits per heavy atom. The van der Waals surface area contributed by atoms with Gasteiger partial charge >= 0.3 is 0 Å². The summed E-state index contributed by atoms with van der Waals surface area (Å²) in [5.41, 5.74) is 3.40. The minimum absolute atomic E-state index is 0.447. The Kier molecular flexibility index (Phi) is 7.50. The first-order valence-corrected chi connectivity index (χ1v) is 10.3. The molecule has 29 heavy (non-hydrogen) atoms. The van der Waals surface area contributed by atoms with E-state index in [2.05, 4.69) is 52.6 Å². The van der Waals surface area contributed by atoms with E-state index >= 15 is 0 Å². The first kappa shape index (κ1) is 20.7. The molecule has 0 amide bonds. The average Bonchev–Trinajstić information content (AvgIpc) is 3.16. The molecule has 0 aliphatic heterocycles. The van der Waals surface area contributed by atoms with Crippen molar-refractivity contribution in [3.8, 4) is 5.75 Å². The first-order valence-electron chi connectivity index (χ1n) is 10.3. The molecule has 0 aliphatic carbocycles. The molecule has 2 aromatic carbocycles. The Balaban J connectivity index is 1.48. The Morgan fingerprint density at radius 1 is 1.14 bits per heavy atom. The standard InChI is InChI=1S/C23H31N5O/c1-4-24-23(25-15-13-17(2)18-9-11-19(29-3)12-10-18)26-16-14-22-27-20-7-5-6-8-21(20)28-22/h5-12,17H,4,13-16H2,1-3H3,(H,27,28)(H2,24,25,26). The third-order valence-corrected chi connectivity index (χ3v) is 4.95. The van der Waals surface area contributed by atoms with Crippen LogP contribution >= 0.6 is 0 Å². The average molecular weight is 394 g/mol. The van der Waals surface area contributed by atoms with Gasteiger partial charge in [-0.3, -0.25) is 4.99 Å². The molecule has 0 saturated carbocycles. The lowest BCUT2D eigenvalue weighted by molar-refractivity contribution is 0.414. The lowest BCUT2D eigenvalue weighted by Crippen LogP contribution is -2.38. The molecule has 1 heterocycles. The molecule has 0 radical (unpaired) electrons. The number of rotatable bonds is 9. The number of aromatic nitrogens is 2. The van der Waals surface area contributed by atoms with Gasteiger partial charge in [-0.2, -0.15) is 0 Å². The summed E-state index contributed by atoms with van der Waals surface area (Å²) in [7, 11) is 1.69. The molecular formula is C23H31N5O. The zero-order valence-electron chi connectivity index (χ0n) is 17.5. The molecule has 0 spiro atoms. The number of aromatic amines is 1. The number of hydrogen-bond acceptors (Lipinski definition) is 3. The zero-order chi connectivity index (χ0) is 20.5. The lowest BCUT2D eigenvalue weighted by atomic mass is 9.98. The van der Waals surface area contributed by atoms with Crippen LogP contribution in [0.2, 0.25) is 0 Å². The van der Waals surface area contributed by atoms with Crippen LogP contribution in [0.5, 0.6) is 5.75 Å². The summed E-state index contributed by atoms with van der Waals surface area (Å²) in [4.78, 5) is 12.7. The Labute approximate surface area is 172 Å². The molecule has 0 aliphatic rings. The van der Waals surface area contributed by atoms with Gasteiger partial charge < -0.3 is 20.4 Å². The number of para-hydroxylation sites is 2. The number of nitrogens with zero attached hydrogens (tertiary/aromatic N) is 2. The second-order valence-electron chi connectivity index (χ2n) is 7.10. The number of fused-ring (bicyclic) bond motifs is 1. The summed E-state index contributed by atoms with van der Waals surface area (Å²) >= 11 is 0. The first-order chi connectivity index (χ1) is 14.2. The Hall–Kier alpha value is -3.02. The van der Waals surface area contributed by atoms with Gasteiger partial charge in [0.25, 0.3) is 0 Å². The SMILES string of the molecule is CCNC(=NCCC(C)c1ccc(OC)cc1)NCCc1nc2ccccc2[nH]1. The van der Waals surface area contributed by atoms with Gasteiger partial charge in [0.15, 0.2) is 5.96 Å². The third-order valence-electron chi connectivity index (χ3n) is 4.95. The van der Waals surface area contributed by atoms with Crippen LogP contribution in [-0.2, 0) is 6.42 Å². The number of methoxy groups -OCH3 is 1. The van der Waals surface area contributed by atoms with E-state index in [0.29, 0.717) is 5.92 Å². The highest BCUT2D eigenvalue weighted by Gasteiger charge is 2.06. The largest absolute Gasteiger partial charge is 0.497 e. The number of aliphatic imine (C=N–C) groups is 1. The normalized spacial score (nSPS) is 12.7. The topological polar surface area (TPSA) is 74.3 Å². The van der Waals surface area contributed by atoms with E-state index < -0.39 is 0 Å². The van der Waals surface area contributed by atoms with Gasteiger partial charge in [-0.1, -0.05) is 31.2 Å². The van der Waals surface area contributed by atoms with Crippen LogP contribution in [0, 0.1) is 0 Å². The van der Waals surface area contributed by atoms with Crippen molar-refractivity contribution in [2.75, 3.05) is 26.7 Å². The number of benzene rings is 2. The second kappa shape index (κ2) is 10.5. The van der Waals surface area contributed by atoms with Gasteiger partial charge in [-0.15, -0.1) is 0 Å². The summed E-state index contributed by atoms with van der Waals surface area (Å²) in [6.07, 6.45) is 1.81. The van der Waals surface area contributed by atoms with Crippen LogP contribution < -0.4 is 15.4 Å². The molecule has 3 N–H and O–H groups in total. The molecule has 0 bridgehead atoms. The van der Waals surface area contributed by atoms with Crippen LogP contribution in [0.4, 0.5) is 0 Å². The molecule has 1 atom stereocenters. The van der Waals surface area contributed by atoms with E-state index in [1.807, 2.05) is 30.3 Å². The highest BCUT2D eigenvalue weighted by Crippen LogP contribution is 2.21. The van der Waals surface area contributed by atoms with Crippen LogP contribution in [0.3, 0.4) is 0 Å². The maximum absolute atomic E-state index is 5.23.